The van der Waals surface area contributed by atoms with Gasteiger partial charge in [0.1, 0.15) is 5.41 Å². The lowest BCUT2D eigenvalue weighted by Crippen LogP contribution is -2.46. The predicted molar refractivity (Wildman–Crippen MR) is 47.2 cm³/mol. The molecule has 0 aromatic heterocycles. The molecule has 4 nitrogen and oxygen atoms in total. The van der Waals surface area contributed by atoms with E-state index in [9.17, 15) is 9.59 Å². The van der Waals surface area contributed by atoms with Crippen LogP contribution < -0.4 is 5.32 Å². The molecule has 0 bridgehead atoms. The molecule has 0 unspecified atom stereocenters. The molecular weight excluding hydrogens is 170 g/mol. The number of carboxylic acid groups (broad SMARTS) is 1. The van der Waals surface area contributed by atoms with E-state index in [2.05, 4.69) is 5.32 Å². The Bertz CT molecular complexity index is 254. The van der Waals surface area contributed by atoms with Crippen LogP contribution in [0.2, 0.25) is 0 Å². The summed E-state index contributed by atoms with van der Waals surface area (Å²) in [7, 11) is 0. The van der Waals surface area contributed by atoms with E-state index in [1.54, 1.807) is 0 Å². The summed E-state index contributed by atoms with van der Waals surface area (Å²) < 4.78 is 0. The maximum absolute atomic E-state index is 11.5. The maximum Gasteiger partial charge on any atom is 0.318 e. The van der Waals surface area contributed by atoms with Gasteiger partial charge in [0.2, 0.25) is 5.91 Å². The van der Waals surface area contributed by atoms with Crippen molar-refractivity contribution in [2.75, 3.05) is 0 Å². The average molecular weight is 185 g/mol. The molecule has 0 aromatic carbocycles. The van der Waals surface area contributed by atoms with Crippen LogP contribution in [0.5, 0.6) is 0 Å². The largest absolute Gasteiger partial charge is 0.480 e. The van der Waals surface area contributed by atoms with Crippen LogP contribution in [0, 0.1) is 5.41 Å². The van der Waals surface area contributed by atoms with E-state index < -0.39 is 17.3 Å². The van der Waals surface area contributed by atoms with Crippen molar-refractivity contribution >= 4 is 11.9 Å². The van der Waals surface area contributed by atoms with Crippen molar-refractivity contribution < 1.29 is 14.7 Å². The van der Waals surface area contributed by atoms with Crippen molar-refractivity contribution in [1.82, 2.24) is 5.32 Å². The first-order valence-electron chi connectivity index (χ1n) is 4.34. The number of rotatable bonds is 3. The Morgan fingerprint density at radius 3 is 2.15 bits per heavy atom. The summed E-state index contributed by atoms with van der Waals surface area (Å²) in [5.74, 6) is -1.49. The molecule has 1 rings (SSSR count). The molecule has 13 heavy (non-hydrogen) atoms. The lowest BCUT2D eigenvalue weighted by Gasteiger charge is -2.21. The van der Waals surface area contributed by atoms with Gasteiger partial charge in [-0.15, -0.1) is 0 Å². The molecular formula is C9H15NO3. The third-order valence-electron chi connectivity index (χ3n) is 2.52. The molecule has 1 aliphatic carbocycles. The first-order valence-corrected chi connectivity index (χ1v) is 4.34. The monoisotopic (exact) mass is 185 g/mol. The number of amides is 1. The van der Waals surface area contributed by atoms with Gasteiger partial charge in [-0.05, 0) is 33.6 Å². The second kappa shape index (κ2) is 2.72. The Kier molecular flexibility index (Phi) is 2.10. The SMILES string of the molecule is CC1(NC(=O)C(C)(C)C(=O)O)CC1. The van der Waals surface area contributed by atoms with E-state index in [0.717, 1.165) is 12.8 Å². The molecule has 4 heteroatoms. The summed E-state index contributed by atoms with van der Waals surface area (Å²) in [6.07, 6.45) is 1.88. The number of hydrogen-bond acceptors (Lipinski definition) is 2. The molecule has 0 spiro atoms. The van der Waals surface area contributed by atoms with Gasteiger partial charge in [-0.2, -0.15) is 0 Å². The first-order chi connectivity index (χ1) is 5.78. The minimum absolute atomic E-state index is 0.149. The van der Waals surface area contributed by atoms with Crippen LogP contribution in [0.4, 0.5) is 0 Å². The van der Waals surface area contributed by atoms with Crippen LogP contribution in [0.3, 0.4) is 0 Å². The number of nitrogens with one attached hydrogen (secondary N) is 1. The Morgan fingerprint density at radius 1 is 1.38 bits per heavy atom. The van der Waals surface area contributed by atoms with Gasteiger partial charge in [0.25, 0.3) is 0 Å². The summed E-state index contributed by atoms with van der Waals surface area (Å²) in [5, 5.41) is 11.5. The molecule has 1 saturated carbocycles. The molecule has 1 fully saturated rings. The van der Waals surface area contributed by atoms with Crippen LogP contribution in [0.25, 0.3) is 0 Å². The first kappa shape index (κ1) is 10.0. The highest BCUT2D eigenvalue weighted by atomic mass is 16.4. The van der Waals surface area contributed by atoms with Crippen LogP contribution in [-0.2, 0) is 9.59 Å². The second-order valence-electron chi connectivity index (χ2n) is 4.44. The highest BCUT2D eigenvalue weighted by Crippen LogP contribution is 2.35. The minimum atomic E-state index is -1.33. The third-order valence-corrected chi connectivity index (χ3v) is 2.52. The number of carboxylic acids is 1. The lowest BCUT2D eigenvalue weighted by atomic mass is 9.92. The topological polar surface area (TPSA) is 66.4 Å². The number of carbonyl (C=O) groups is 2. The number of aliphatic carboxylic acids is 1. The third kappa shape index (κ3) is 1.99. The minimum Gasteiger partial charge on any atom is -0.480 e. The zero-order chi connectivity index (χ0) is 10.3. The molecule has 0 saturated heterocycles. The maximum atomic E-state index is 11.5. The zero-order valence-electron chi connectivity index (χ0n) is 8.18. The average Bonchev–Trinajstić information content (AvgIpc) is 2.67. The van der Waals surface area contributed by atoms with E-state index in [0.29, 0.717) is 0 Å². The molecule has 0 radical (unpaired) electrons. The molecule has 0 heterocycles. The van der Waals surface area contributed by atoms with Gasteiger partial charge >= 0.3 is 5.97 Å². The summed E-state index contributed by atoms with van der Waals surface area (Å²) >= 11 is 0. The van der Waals surface area contributed by atoms with E-state index in [4.69, 9.17) is 5.11 Å². The second-order valence-corrected chi connectivity index (χ2v) is 4.44. The van der Waals surface area contributed by atoms with E-state index in [1.165, 1.54) is 13.8 Å². The smallest absolute Gasteiger partial charge is 0.318 e. The van der Waals surface area contributed by atoms with Crippen molar-refractivity contribution in [1.29, 1.82) is 0 Å². The van der Waals surface area contributed by atoms with Gasteiger partial charge in [0, 0.05) is 5.54 Å². The Balaban J connectivity index is 2.61. The van der Waals surface area contributed by atoms with Crippen LogP contribution >= 0.6 is 0 Å². The van der Waals surface area contributed by atoms with Gasteiger partial charge in [-0.25, -0.2) is 0 Å². The molecule has 1 aliphatic rings. The lowest BCUT2D eigenvalue weighted by molar-refractivity contribution is -0.153. The Labute approximate surface area is 77.3 Å². The van der Waals surface area contributed by atoms with E-state index in [-0.39, 0.29) is 5.54 Å². The van der Waals surface area contributed by atoms with Gasteiger partial charge in [0.05, 0.1) is 0 Å². The van der Waals surface area contributed by atoms with Crippen molar-refractivity contribution in [2.24, 2.45) is 5.41 Å². The predicted octanol–water partition coefficient (Wildman–Crippen LogP) is 0.766. The molecule has 0 aromatic rings. The quantitative estimate of drug-likeness (QED) is 0.638. The van der Waals surface area contributed by atoms with Crippen molar-refractivity contribution in [3.8, 4) is 0 Å². The standard InChI is InChI=1S/C9H15NO3/c1-8(2,7(12)13)6(11)10-9(3)4-5-9/h4-5H2,1-3H3,(H,10,11)(H,12,13). The van der Waals surface area contributed by atoms with Crippen LogP contribution in [0.15, 0.2) is 0 Å². The molecule has 1 amide bonds. The fraction of sp³-hybridized carbons (Fsp3) is 0.778. The van der Waals surface area contributed by atoms with E-state index >= 15 is 0 Å². The summed E-state index contributed by atoms with van der Waals surface area (Å²) in [6.45, 7) is 4.75. The summed E-state index contributed by atoms with van der Waals surface area (Å²) in [6, 6.07) is 0. The normalized spacial score (nSPS) is 19.3. The van der Waals surface area contributed by atoms with Crippen molar-refractivity contribution in [3.63, 3.8) is 0 Å². The summed E-state index contributed by atoms with van der Waals surface area (Å²) in [4.78, 5) is 22.2. The van der Waals surface area contributed by atoms with Crippen molar-refractivity contribution in [3.05, 3.63) is 0 Å². The van der Waals surface area contributed by atoms with Crippen LogP contribution in [-0.4, -0.2) is 22.5 Å². The zero-order valence-corrected chi connectivity index (χ0v) is 8.18. The number of hydrogen-bond donors (Lipinski definition) is 2. The van der Waals surface area contributed by atoms with Gasteiger partial charge < -0.3 is 10.4 Å². The van der Waals surface area contributed by atoms with Gasteiger partial charge in [-0.3, -0.25) is 9.59 Å². The Morgan fingerprint density at radius 2 is 1.85 bits per heavy atom. The Hall–Kier alpha value is -1.06. The molecule has 0 atom stereocenters. The van der Waals surface area contributed by atoms with Crippen LogP contribution in [0.1, 0.15) is 33.6 Å². The highest BCUT2D eigenvalue weighted by Gasteiger charge is 2.44. The van der Waals surface area contributed by atoms with E-state index in [1.807, 2.05) is 6.92 Å². The summed E-state index contributed by atoms with van der Waals surface area (Å²) in [5.41, 5.74) is -1.48. The molecule has 74 valence electrons. The number of carbonyl (C=O) groups excluding carboxylic acids is 1. The highest BCUT2D eigenvalue weighted by molar-refractivity contribution is 6.01. The molecule has 2 N–H and O–H groups in total. The van der Waals surface area contributed by atoms with Gasteiger partial charge in [-0.1, -0.05) is 0 Å². The van der Waals surface area contributed by atoms with Gasteiger partial charge in [0.15, 0.2) is 0 Å². The fourth-order valence-corrected chi connectivity index (χ4v) is 0.840. The van der Waals surface area contributed by atoms with Crippen molar-refractivity contribution in [2.45, 2.75) is 39.2 Å². The fourth-order valence-electron chi connectivity index (χ4n) is 0.840. The molecule has 0 aliphatic heterocycles.